The Morgan fingerprint density at radius 1 is 1.48 bits per heavy atom. The highest BCUT2D eigenvalue weighted by molar-refractivity contribution is 7.18. The highest BCUT2D eigenvalue weighted by Gasteiger charge is 2.23. The first-order valence-electron chi connectivity index (χ1n) is 8.92. The molecule has 0 saturated heterocycles. The molecule has 0 saturated carbocycles. The van der Waals surface area contributed by atoms with Gasteiger partial charge in [0.25, 0.3) is 5.56 Å². The molecule has 4 nitrogen and oxygen atoms in total. The van der Waals surface area contributed by atoms with E-state index in [9.17, 15) is 4.79 Å². The predicted molar refractivity (Wildman–Crippen MR) is 106 cm³/mol. The van der Waals surface area contributed by atoms with Crippen molar-refractivity contribution in [1.29, 1.82) is 0 Å². The average molecular weight is 374 g/mol. The first kappa shape index (κ1) is 16.9. The standard InChI is InChI=1S/C19H23N3OS2/c1-11-5-6-14-15(10-11)25-19-16(14)18(23)21-17(22-19)12(2)20-8-7-13-4-3-9-24-13/h3-4,9,11-12,20H,5-8,10H2,1-2H3,(H,21,22,23)/t11-,12-/m1/s1. The summed E-state index contributed by atoms with van der Waals surface area (Å²) in [5, 5.41) is 6.41. The van der Waals surface area contributed by atoms with Crippen LogP contribution in [0.1, 0.15) is 47.5 Å². The Labute approximate surface area is 155 Å². The minimum absolute atomic E-state index is 0.0268. The monoisotopic (exact) mass is 373 g/mol. The number of fused-ring (bicyclic) bond motifs is 3. The van der Waals surface area contributed by atoms with Crippen LogP contribution in [0.25, 0.3) is 10.2 Å². The molecule has 0 bridgehead atoms. The van der Waals surface area contributed by atoms with E-state index in [1.807, 2.05) is 0 Å². The molecular formula is C19H23N3OS2. The van der Waals surface area contributed by atoms with Crippen LogP contribution in [-0.2, 0) is 19.3 Å². The Hall–Kier alpha value is -1.50. The van der Waals surface area contributed by atoms with Crippen LogP contribution in [0.2, 0.25) is 0 Å². The van der Waals surface area contributed by atoms with Gasteiger partial charge in [-0.15, -0.1) is 22.7 Å². The Bertz CT molecular complexity index is 926. The van der Waals surface area contributed by atoms with E-state index in [1.165, 1.54) is 21.7 Å². The minimum Gasteiger partial charge on any atom is -0.309 e. The number of nitrogens with zero attached hydrogens (tertiary/aromatic N) is 1. The van der Waals surface area contributed by atoms with Gasteiger partial charge in [-0.05, 0) is 55.5 Å². The summed E-state index contributed by atoms with van der Waals surface area (Å²) in [4.78, 5) is 24.1. The lowest BCUT2D eigenvalue weighted by molar-refractivity contribution is 0.509. The van der Waals surface area contributed by atoms with E-state index in [0.29, 0.717) is 5.92 Å². The number of rotatable bonds is 5. The van der Waals surface area contributed by atoms with Crippen molar-refractivity contribution in [3.05, 3.63) is 49.0 Å². The van der Waals surface area contributed by atoms with Gasteiger partial charge in [0.05, 0.1) is 11.4 Å². The molecule has 3 aromatic rings. The van der Waals surface area contributed by atoms with Crippen molar-refractivity contribution < 1.29 is 0 Å². The van der Waals surface area contributed by atoms with Crippen LogP contribution in [0, 0.1) is 5.92 Å². The van der Waals surface area contributed by atoms with Gasteiger partial charge < -0.3 is 10.3 Å². The summed E-state index contributed by atoms with van der Waals surface area (Å²) in [6.07, 6.45) is 4.26. The van der Waals surface area contributed by atoms with Gasteiger partial charge in [0.15, 0.2) is 0 Å². The summed E-state index contributed by atoms with van der Waals surface area (Å²) in [6.45, 7) is 5.23. The molecule has 4 rings (SSSR count). The quantitative estimate of drug-likeness (QED) is 0.709. The molecule has 3 aromatic heterocycles. The summed E-state index contributed by atoms with van der Waals surface area (Å²) >= 11 is 3.49. The molecule has 0 aliphatic heterocycles. The number of aromatic amines is 1. The van der Waals surface area contributed by atoms with Crippen molar-refractivity contribution in [3.8, 4) is 0 Å². The van der Waals surface area contributed by atoms with Gasteiger partial charge in [-0.3, -0.25) is 4.79 Å². The molecule has 2 N–H and O–H groups in total. The SMILES string of the molecule is C[C@@H]1CCc2c(sc3nc([C@@H](C)NCCc4cccs4)[nH]c(=O)c23)C1. The molecule has 0 spiro atoms. The van der Waals surface area contributed by atoms with E-state index in [2.05, 4.69) is 41.7 Å². The maximum atomic E-state index is 12.7. The van der Waals surface area contributed by atoms with Crippen LogP contribution in [0.3, 0.4) is 0 Å². The van der Waals surface area contributed by atoms with E-state index in [4.69, 9.17) is 4.98 Å². The second-order valence-electron chi connectivity index (χ2n) is 6.99. The molecule has 0 aromatic carbocycles. The molecule has 0 fully saturated rings. The lowest BCUT2D eigenvalue weighted by Crippen LogP contribution is -2.25. The maximum absolute atomic E-state index is 12.7. The van der Waals surface area contributed by atoms with Crippen molar-refractivity contribution in [2.45, 2.75) is 45.6 Å². The number of aromatic nitrogens is 2. The number of thiophene rings is 2. The Morgan fingerprint density at radius 2 is 2.36 bits per heavy atom. The molecular weight excluding hydrogens is 350 g/mol. The summed E-state index contributed by atoms with van der Waals surface area (Å²) < 4.78 is 0. The third kappa shape index (κ3) is 3.43. The van der Waals surface area contributed by atoms with Gasteiger partial charge in [-0.1, -0.05) is 13.0 Å². The Balaban J connectivity index is 1.55. The molecule has 1 aliphatic rings. The Kier molecular flexibility index (Phi) is 4.75. The number of hydrogen-bond acceptors (Lipinski definition) is 5. The molecule has 6 heteroatoms. The van der Waals surface area contributed by atoms with Gasteiger partial charge in [0.1, 0.15) is 10.7 Å². The first-order valence-corrected chi connectivity index (χ1v) is 10.6. The van der Waals surface area contributed by atoms with Crippen molar-refractivity contribution in [2.24, 2.45) is 5.92 Å². The largest absolute Gasteiger partial charge is 0.309 e. The lowest BCUT2D eigenvalue weighted by Gasteiger charge is -2.17. The Morgan fingerprint density at radius 3 is 3.16 bits per heavy atom. The van der Waals surface area contributed by atoms with Crippen LogP contribution in [0.15, 0.2) is 22.3 Å². The predicted octanol–water partition coefficient (Wildman–Crippen LogP) is 4.06. The van der Waals surface area contributed by atoms with Crippen LogP contribution >= 0.6 is 22.7 Å². The summed E-state index contributed by atoms with van der Waals surface area (Å²) in [6, 6.07) is 4.27. The van der Waals surface area contributed by atoms with Gasteiger partial charge in [-0.25, -0.2) is 4.98 Å². The highest BCUT2D eigenvalue weighted by atomic mass is 32.1. The van der Waals surface area contributed by atoms with Crippen molar-refractivity contribution in [3.63, 3.8) is 0 Å². The van der Waals surface area contributed by atoms with Crippen molar-refractivity contribution in [1.82, 2.24) is 15.3 Å². The van der Waals surface area contributed by atoms with Gasteiger partial charge >= 0.3 is 0 Å². The van der Waals surface area contributed by atoms with Crippen LogP contribution < -0.4 is 10.9 Å². The summed E-state index contributed by atoms with van der Waals surface area (Å²) in [5.74, 6) is 1.45. The fraction of sp³-hybridized carbons (Fsp3) is 0.474. The van der Waals surface area contributed by atoms with E-state index in [-0.39, 0.29) is 11.6 Å². The molecule has 2 atom stereocenters. The van der Waals surface area contributed by atoms with Crippen LogP contribution in [0.5, 0.6) is 0 Å². The molecule has 3 heterocycles. The third-order valence-corrected chi connectivity index (χ3v) is 7.08. The number of hydrogen-bond donors (Lipinski definition) is 2. The van der Waals surface area contributed by atoms with E-state index < -0.39 is 0 Å². The normalized spacial score (nSPS) is 18.4. The second-order valence-corrected chi connectivity index (χ2v) is 9.10. The highest BCUT2D eigenvalue weighted by Crippen LogP contribution is 2.35. The summed E-state index contributed by atoms with van der Waals surface area (Å²) in [7, 11) is 0. The molecule has 25 heavy (non-hydrogen) atoms. The molecule has 132 valence electrons. The van der Waals surface area contributed by atoms with E-state index in [0.717, 1.165) is 41.8 Å². The molecule has 1 aliphatic carbocycles. The van der Waals surface area contributed by atoms with Gasteiger partial charge in [-0.2, -0.15) is 0 Å². The fourth-order valence-electron chi connectivity index (χ4n) is 3.53. The molecule has 0 unspecified atom stereocenters. The van der Waals surface area contributed by atoms with Crippen LogP contribution in [-0.4, -0.2) is 16.5 Å². The topological polar surface area (TPSA) is 57.8 Å². The van der Waals surface area contributed by atoms with Crippen LogP contribution in [0.4, 0.5) is 0 Å². The molecule has 0 radical (unpaired) electrons. The smallest absolute Gasteiger partial charge is 0.259 e. The number of nitrogens with one attached hydrogen (secondary N) is 2. The number of aryl methyl sites for hydroxylation is 1. The van der Waals surface area contributed by atoms with Gasteiger partial charge in [0, 0.05) is 16.3 Å². The molecule has 0 amide bonds. The second kappa shape index (κ2) is 7.02. The minimum atomic E-state index is 0.0268. The summed E-state index contributed by atoms with van der Waals surface area (Å²) in [5.41, 5.74) is 1.27. The number of H-pyrrole nitrogens is 1. The average Bonchev–Trinajstić information content (AvgIpc) is 3.21. The zero-order valence-corrected chi connectivity index (χ0v) is 16.2. The third-order valence-electron chi connectivity index (χ3n) is 5.00. The van der Waals surface area contributed by atoms with Gasteiger partial charge in [0.2, 0.25) is 0 Å². The first-order chi connectivity index (χ1) is 12.1. The maximum Gasteiger partial charge on any atom is 0.259 e. The lowest BCUT2D eigenvalue weighted by atomic mass is 9.89. The van der Waals surface area contributed by atoms with E-state index >= 15 is 0 Å². The zero-order chi connectivity index (χ0) is 17.4. The van der Waals surface area contributed by atoms with E-state index in [1.54, 1.807) is 22.7 Å². The fourth-order valence-corrected chi connectivity index (χ4v) is 5.63. The zero-order valence-electron chi connectivity index (χ0n) is 14.6. The van der Waals surface area contributed by atoms with Crippen molar-refractivity contribution in [2.75, 3.05) is 6.54 Å². The van der Waals surface area contributed by atoms with Crippen molar-refractivity contribution >= 4 is 32.9 Å².